The van der Waals surface area contributed by atoms with E-state index in [4.69, 9.17) is 51.1 Å². The van der Waals surface area contributed by atoms with Gasteiger partial charge in [-0.3, -0.25) is 0 Å². The number of anilines is 1. The van der Waals surface area contributed by atoms with Crippen molar-refractivity contribution < 1.29 is 4.74 Å². The molecule has 0 heterocycles. The first-order valence-corrected chi connectivity index (χ1v) is 9.37. The van der Waals surface area contributed by atoms with Crippen molar-refractivity contribution in [2.24, 2.45) is 0 Å². The number of hydrogen-bond acceptors (Lipinski definition) is 2. The van der Waals surface area contributed by atoms with Crippen molar-refractivity contribution in [1.29, 1.82) is 0 Å². The number of benzene rings is 3. The number of halogens is 4. The van der Waals surface area contributed by atoms with Crippen LogP contribution in [0.3, 0.4) is 0 Å². The van der Waals surface area contributed by atoms with Crippen LogP contribution in [0.1, 0.15) is 11.1 Å². The summed E-state index contributed by atoms with van der Waals surface area (Å²) in [6.45, 7) is 1.06. The van der Waals surface area contributed by atoms with Crippen molar-refractivity contribution in [1.82, 2.24) is 0 Å². The first-order valence-electron chi connectivity index (χ1n) is 7.86. The van der Waals surface area contributed by atoms with Gasteiger partial charge in [0.1, 0.15) is 12.4 Å². The maximum absolute atomic E-state index is 6.15. The molecule has 0 unspecified atom stereocenters. The largest absolute Gasteiger partial charge is 0.489 e. The zero-order chi connectivity index (χ0) is 18.5. The van der Waals surface area contributed by atoms with Gasteiger partial charge in [-0.25, -0.2) is 0 Å². The molecule has 2 nitrogen and oxygen atoms in total. The van der Waals surface area contributed by atoms with E-state index in [-0.39, 0.29) is 0 Å². The predicted octanol–water partition coefficient (Wildman–Crippen LogP) is 7.49. The van der Waals surface area contributed by atoms with E-state index in [0.29, 0.717) is 33.2 Å². The third-order valence-electron chi connectivity index (χ3n) is 3.72. The summed E-state index contributed by atoms with van der Waals surface area (Å²) in [7, 11) is 0. The van der Waals surface area contributed by atoms with Crippen LogP contribution < -0.4 is 10.1 Å². The Labute approximate surface area is 172 Å². The molecular formula is C20H15Cl4NO. The number of rotatable bonds is 6. The Bertz CT molecular complexity index is 897. The lowest BCUT2D eigenvalue weighted by atomic mass is 10.2. The van der Waals surface area contributed by atoms with E-state index in [0.717, 1.165) is 22.6 Å². The van der Waals surface area contributed by atoms with Gasteiger partial charge in [-0.05, 0) is 53.6 Å². The van der Waals surface area contributed by atoms with Gasteiger partial charge in [-0.15, -0.1) is 0 Å². The average molecular weight is 427 g/mol. The second-order valence-electron chi connectivity index (χ2n) is 5.66. The Morgan fingerprint density at radius 3 is 2.12 bits per heavy atom. The highest BCUT2D eigenvalue weighted by atomic mass is 35.5. The van der Waals surface area contributed by atoms with E-state index >= 15 is 0 Å². The summed E-state index contributed by atoms with van der Waals surface area (Å²) in [6.07, 6.45) is 0. The summed E-state index contributed by atoms with van der Waals surface area (Å²) < 4.78 is 5.78. The summed E-state index contributed by atoms with van der Waals surface area (Å²) in [5.74, 6) is 0.778. The van der Waals surface area contributed by atoms with Gasteiger partial charge in [-0.1, -0.05) is 64.6 Å². The highest BCUT2D eigenvalue weighted by Gasteiger charge is 2.03. The molecule has 26 heavy (non-hydrogen) atoms. The van der Waals surface area contributed by atoms with Crippen molar-refractivity contribution in [3.8, 4) is 5.75 Å². The Kier molecular flexibility index (Phi) is 6.55. The SMILES string of the molecule is Clc1ccc(Cl)c(NCc2ccc(OCc3ccc(Cl)c(Cl)c3)cc2)c1. The maximum atomic E-state index is 6.15. The van der Waals surface area contributed by atoms with E-state index < -0.39 is 0 Å². The van der Waals surface area contributed by atoms with Crippen molar-refractivity contribution >= 4 is 52.1 Å². The molecule has 0 amide bonds. The van der Waals surface area contributed by atoms with Crippen molar-refractivity contribution in [3.05, 3.63) is 91.9 Å². The molecule has 6 heteroatoms. The number of hydrogen-bond donors (Lipinski definition) is 1. The minimum atomic E-state index is 0.423. The molecule has 134 valence electrons. The molecule has 0 aromatic heterocycles. The van der Waals surface area contributed by atoms with E-state index in [1.54, 1.807) is 30.3 Å². The Morgan fingerprint density at radius 1 is 0.692 bits per heavy atom. The van der Waals surface area contributed by atoms with Gasteiger partial charge in [0.25, 0.3) is 0 Å². The molecule has 0 atom stereocenters. The number of ether oxygens (including phenoxy) is 1. The van der Waals surface area contributed by atoms with Gasteiger partial charge in [0.2, 0.25) is 0 Å². The molecule has 3 aromatic carbocycles. The molecule has 0 radical (unpaired) electrons. The van der Waals surface area contributed by atoms with Gasteiger partial charge in [0, 0.05) is 11.6 Å². The fourth-order valence-corrected chi connectivity index (χ4v) is 3.01. The summed E-state index contributed by atoms with van der Waals surface area (Å²) in [6, 6.07) is 18.6. The van der Waals surface area contributed by atoms with E-state index in [1.165, 1.54) is 0 Å². The van der Waals surface area contributed by atoms with E-state index in [2.05, 4.69) is 5.32 Å². The van der Waals surface area contributed by atoms with Crippen LogP contribution in [0.4, 0.5) is 5.69 Å². The molecular weight excluding hydrogens is 412 g/mol. The van der Waals surface area contributed by atoms with Crippen LogP contribution in [-0.2, 0) is 13.2 Å². The predicted molar refractivity (Wildman–Crippen MR) is 111 cm³/mol. The summed E-state index contributed by atoms with van der Waals surface area (Å²) in [5, 5.41) is 5.61. The van der Waals surface area contributed by atoms with Gasteiger partial charge in [0.15, 0.2) is 0 Å². The van der Waals surface area contributed by atoms with Crippen LogP contribution in [0.5, 0.6) is 5.75 Å². The van der Waals surface area contributed by atoms with E-state index in [1.807, 2.05) is 30.3 Å². The molecule has 3 aromatic rings. The zero-order valence-electron chi connectivity index (χ0n) is 13.6. The molecule has 0 bridgehead atoms. The zero-order valence-corrected chi connectivity index (χ0v) is 16.6. The quantitative estimate of drug-likeness (QED) is 0.440. The monoisotopic (exact) mass is 425 g/mol. The smallest absolute Gasteiger partial charge is 0.119 e. The van der Waals surface area contributed by atoms with Crippen LogP contribution in [0, 0.1) is 0 Å². The van der Waals surface area contributed by atoms with Crippen LogP contribution in [-0.4, -0.2) is 0 Å². The molecule has 0 saturated heterocycles. The molecule has 0 aliphatic rings. The molecule has 1 N–H and O–H groups in total. The Balaban J connectivity index is 1.56. The summed E-state index contributed by atoms with van der Waals surface area (Å²) in [5.41, 5.74) is 2.86. The molecule has 0 aliphatic carbocycles. The Hall–Kier alpha value is -1.58. The van der Waals surface area contributed by atoms with Gasteiger partial charge < -0.3 is 10.1 Å². The van der Waals surface area contributed by atoms with E-state index in [9.17, 15) is 0 Å². The van der Waals surface area contributed by atoms with Crippen LogP contribution in [0.2, 0.25) is 20.1 Å². The third kappa shape index (κ3) is 5.21. The number of nitrogens with one attached hydrogen (secondary N) is 1. The minimum absolute atomic E-state index is 0.423. The fraction of sp³-hybridized carbons (Fsp3) is 0.100. The topological polar surface area (TPSA) is 21.3 Å². The fourth-order valence-electron chi connectivity index (χ4n) is 2.33. The molecule has 0 aliphatic heterocycles. The molecule has 3 rings (SSSR count). The third-order valence-corrected chi connectivity index (χ3v) is 5.03. The molecule has 0 saturated carbocycles. The lowest BCUT2D eigenvalue weighted by Crippen LogP contribution is -2.00. The summed E-state index contributed by atoms with van der Waals surface area (Å²) >= 11 is 24.1. The van der Waals surface area contributed by atoms with Crippen LogP contribution in [0.25, 0.3) is 0 Å². The standard InChI is InChI=1S/C20H15Cl4NO/c21-15-4-8-18(23)20(10-15)25-11-13-1-5-16(6-2-13)26-12-14-3-7-17(22)19(24)9-14/h1-10,25H,11-12H2. The van der Waals surface area contributed by atoms with Crippen LogP contribution >= 0.6 is 46.4 Å². The Morgan fingerprint density at radius 2 is 1.38 bits per heavy atom. The normalized spacial score (nSPS) is 10.6. The molecule has 0 spiro atoms. The van der Waals surface area contributed by atoms with Crippen molar-refractivity contribution in [2.45, 2.75) is 13.2 Å². The molecule has 0 fully saturated rings. The highest BCUT2D eigenvalue weighted by molar-refractivity contribution is 6.42. The first kappa shape index (κ1) is 19.2. The lowest BCUT2D eigenvalue weighted by molar-refractivity contribution is 0.306. The van der Waals surface area contributed by atoms with Crippen molar-refractivity contribution in [3.63, 3.8) is 0 Å². The lowest BCUT2D eigenvalue weighted by Gasteiger charge is -2.10. The first-order chi connectivity index (χ1) is 12.5. The maximum Gasteiger partial charge on any atom is 0.119 e. The van der Waals surface area contributed by atoms with Crippen LogP contribution in [0.15, 0.2) is 60.7 Å². The minimum Gasteiger partial charge on any atom is -0.489 e. The van der Waals surface area contributed by atoms with Crippen molar-refractivity contribution in [2.75, 3.05) is 5.32 Å². The average Bonchev–Trinajstić information content (AvgIpc) is 2.64. The second kappa shape index (κ2) is 8.88. The van der Waals surface area contributed by atoms with Gasteiger partial charge >= 0.3 is 0 Å². The second-order valence-corrected chi connectivity index (χ2v) is 7.32. The highest BCUT2D eigenvalue weighted by Crippen LogP contribution is 2.26. The van der Waals surface area contributed by atoms with Gasteiger partial charge in [-0.2, -0.15) is 0 Å². The van der Waals surface area contributed by atoms with Gasteiger partial charge in [0.05, 0.1) is 20.8 Å². The summed E-state index contributed by atoms with van der Waals surface area (Å²) in [4.78, 5) is 0.